The van der Waals surface area contributed by atoms with Crippen LogP contribution in [-0.4, -0.2) is 35.9 Å². The maximum absolute atomic E-state index is 11.9. The van der Waals surface area contributed by atoms with Gasteiger partial charge in [-0.2, -0.15) is 0 Å². The van der Waals surface area contributed by atoms with Gasteiger partial charge in [-0.15, -0.1) is 0 Å². The number of pyridine rings is 1. The van der Waals surface area contributed by atoms with Crippen LogP contribution in [0.3, 0.4) is 0 Å². The summed E-state index contributed by atoms with van der Waals surface area (Å²) in [5, 5.41) is 8.28. The average molecular weight is 234 g/mol. The zero-order valence-electron chi connectivity index (χ0n) is 9.49. The zero-order chi connectivity index (χ0) is 12.3. The Hall–Kier alpha value is -1.95. The molecule has 2 heterocycles. The molecule has 90 valence electrons. The number of piperazine rings is 1. The fourth-order valence-corrected chi connectivity index (χ4v) is 1.59. The minimum atomic E-state index is -0.396. The van der Waals surface area contributed by atoms with Gasteiger partial charge in [0, 0.05) is 12.7 Å². The van der Waals surface area contributed by atoms with E-state index < -0.39 is 6.04 Å². The first-order valence-electron chi connectivity index (χ1n) is 5.39. The molecule has 1 atom stereocenters. The monoisotopic (exact) mass is 234 g/mol. The predicted molar refractivity (Wildman–Crippen MR) is 62.4 cm³/mol. The number of rotatable bonds is 2. The fraction of sp³-hybridized carbons (Fsp3) is 0.364. The molecule has 1 aromatic rings. The molecule has 2 amide bonds. The third kappa shape index (κ3) is 2.79. The largest absolute Gasteiger partial charge is 0.353 e. The summed E-state index contributed by atoms with van der Waals surface area (Å²) in [6.45, 7) is 2.31. The zero-order valence-corrected chi connectivity index (χ0v) is 9.49. The molecular formula is C11H14N4O2. The number of carbonyl (C=O) groups excluding carboxylic acids is 2. The summed E-state index contributed by atoms with van der Waals surface area (Å²) >= 11 is 0. The van der Waals surface area contributed by atoms with E-state index in [4.69, 9.17) is 0 Å². The summed E-state index contributed by atoms with van der Waals surface area (Å²) in [7, 11) is 0. The number of carbonyl (C=O) groups is 2. The molecule has 0 aromatic carbocycles. The van der Waals surface area contributed by atoms with Crippen LogP contribution in [0.25, 0.3) is 0 Å². The molecule has 0 bridgehead atoms. The van der Waals surface area contributed by atoms with Gasteiger partial charge < -0.3 is 10.6 Å². The lowest BCUT2D eigenvalue weighted by Gasteiger charge is -2.23. The number of nitrogens with zero attached hydrogens (tertiary/aromatic N) is 1. The molecular weight excluding hydrogens is 220 g/mol. The van der Waals surface area contributed by atoms with Crippen molar-refractivity contribution in [2.24, 2.45) is 0 Å². The third-order valence-corrected chi connectivity index (χ3v) is 2.59. The first kappa shape index (κ1) is 11.5. The number of hydrogen-bond donors (Lipinski definition) is 3. The van der Waals surface area contributed by atoms with Crippen LogP contribution in [0.1, 0.15) is 5.69 Å². The lowest BCUT2D eigenvalue weighted by molar-refractivity contribution is -0.124. The van der Waals surface area contributed by atoms with Crippen molar-refractivity contribution >= 4 is 17.5 Å². The molecule has 6 nitrogen and oxygen atoms in total. The molecule has 1 aliphatic rings. The highest BCUT2D eigenvalue weighted by Gasteiger charge is 2.23. The van der Waals surface area contributed by atoms with Crippen molar-refractivity contribution in [1.82, 2.24) is 15.6 Å². The van der Waals surface area contributed by atoms with Gasteiger partial charge in [0.1, 0.15) is 6.04 Å². The number of aromatic nitrogens is 1. The van der Waals surface area contributed by atoms with Crippen LogP contribution in [0.4, 0.5) is 5.69 Å². The highest BCUT2D eigenvalue weighted by atomic mass is 16.2. The van der Waals surface area contributed by atoms with E-state index in [-0.39, 0.29) is 18.4 Å². The van der Waals surface area contributed by atoms with E-state index in [0.717, 1.165) is 5.69 Å². The molecule has 0 saturated carbocycles. The summed E-state index contributed by atoms with van der Waals surface area (Å²) in [6, 6.07) is 3.16. The molecule has 17 heavy (non-hydrogen) atoms. The number of amides is 2. The van der Waals surface area contributed by atoms with E-state index in [1.54, 1.807) is 18.3 Å². The van der Waals surface area contributed by atoms with Crippen molar-refractivity contribution < 1.29 is 9.59 Å². The van der Waals surface area contributed by atoms with E-state index in [1.807, 2.05) is 6.92 Å². The van der Waals surface area contributed by atoms with Gasteiger partial charge >= 0.3 is 0 Å². The van der Waals surface area contributed by atoms with E-state index in [9.17, 15) is 9.59 Å². The smallest absolute Gasteiger partial charge is 0.243 e. The highest BCUT2D eigenvalue weighted by Crippen LogP contribution is 2.10. The van der Waals surface area contributed by atoms with Crippen LogP contribution in [0.2, 0.25) is 0 Å². The molecule has 0 spiro atoms. The van der Waals surface area contributed by atoms with E-state index in [0.29, 0.717) is 12.2 Å². The van der Waals surface area contributed by atoms with Crippen LogP contribution in [-0.2, 0) is 9.59 Å². The van der Waals surface area contributed by atoms with Crippen molar-refractivity contribution in [2.75, 3.05) is 18.4 Å². The SMILES string of the molecule is Cc1ncccc1NC(=O)C1CNC(=O)CN1. The van der Waals surface area contributed by atoms with Gasteiger partial charge in [0.05, 0.1) is 17.9 Å². The quantitative estimate of drug-likeness (QED) is 0.639. The number of aryl methyl sites for hydroxylation is 1. The van der Waals surface area contributed by atoms with E-state index in [2.05, 4.69) is 20.9 Å². The predicted octanol–water partition coefficient (Wildman–Crippen LogP) is -0.583. The first-order valence-corrected chi connectivity index (χ1v) is 5.39. The molecule has 1 fully saturated rings. The minimum Gasteiger partial charge on any atom is -0.353 e. The second kappa shape index (κ2) is 4.92. The van der Waals surface area contributed by atoms with Gasteiger partial charge in [0.25, 0.3) is 0 Å². The lowest BCUT2D eigenvalue weighted by Crippen LogP contribution is -2.56. The maximum Gasteiger partial charge on any atom is 0.243 e. The average Bonchev–Trinajstić information content (AvgIpc) is 2.33. The molecule has 0 aliphatic carbocycles. The van der Waals surface area contributed by atoms with Crippen molar-refractivity contribution in [3.8, 4) is 0 Å². The highest BCUT2D eigenvalue weighted by molar-refractivity contribution is 5.96. The third-order valence-electron chi connectivity index (χ3n) is 2.59. The second-order valence-corrected chi connectivity index (χ2v) is 3.86. The molecule has 1 saturated heterocycles. The molecule has 3 N–H and O–H groups in total. The Kier molecular flexibility index (Phi) is 3.34. The number of anilines is 1. The Bertz CT molecular complexity index is 437. The summed E-state index contributed by atoms with van der Waals surface area (Å²) in [5.74, 6) is -0.257. The van der Waals surface area contributed by atoms with E-state index >= 15 is 0 Å². The first-order chi connectivity index (χ1) is 8.16. The Morgan fingerprint density at radius 2 is 2.41 bits per heavy atom. The molecule has 0 radical (unpaired) electrons. The van der Waals surface area contributed by atoms with Crippen molar-refractivity contribution in [3.05, 3.63) is 24.0 Å². The Morgan fingerprint density at radius 1 is 1.59 bits per heavy atom. The van der Waals surface area contributed by atoms with E-state index in [1.165, 1.54) is 0 Å². The number of nitrogens with one attached hydrogen (secondary N) is 3. The molecule has 2 rings (SSSR count). The van der Waals surface area contributed by atoms with Crippen molar-refractivity contribution in [3.63, 3.8) is 0 Å². The maximum atomic E-state index is 11.9. The van der Waals surface area contributed by atoms with Gasteiger partial charge in [-0.05, 0) is 19.1 Å². The number of hydrogen-bond acceptors (Lipinski definition) is 4. The van der Waals surface area contributed by atoms with Gasteiger partial charge in [-0.1, -0.05) is 0 Å². The van der Waals surface area contributed by atoms with Crippen molar-refractivity contribution in [2.45, 2.75) is 13.0 Å². The van der Waals surface area contributed by atoms with Crippen LogP contribution in [0.5, 0.6) is 0 Å². The summed E-state index contributed by atoms with van der Waals surface area (Å²) in [4.78, 5) is 26.9. The normalized spacial score (nSPS) is 19.6. The van der Waals surface area contributed by atoms with Gasteiger partial charge in [-0.3, -0.25) is 19.9 Å². The van der Waals surface area contributed by atoms with Gasteiger partial charge in [0.2, 0.25) is 11.8 Å². The molecule has 1 unspecified atom stereocenters. The molecule has 6 heteroatoms. The topological polar surface area (TPSA) is 83.1 Å². The second-order valence-electron chi connectivity index (χ2n) is 3.86. The van der Waals surface area contributed by atoms with Crippen LogP contribution >= 0.6 is 0 Å². The van der Waals surface area contributed by atoms with Gasteiger partial charge in [0.15, 0.2) is 0 Å². The Balaban J connectivity index is 1.98. The summed E-state index contributed by atoms with van der Waals surface area (Å²) in [6.07, 6.45) is 1.67. The van der Waals surface area contributed by atoms with Crippen LogP contribution in [0, 0.1) is 6.92 Å². The van der Waals surface area contributed by atoms with Crippen LogP contribution < -0.4 is 16.0 Å². The van der Waals surface area contributed by atoms with Crippen molar-refractivity contribution in [1.29, 1.82) is 0 Å². The lowest BCUT2D eigenvalue weighted by atomic mass is 10.2. The molecule has 1 aliphatic heterocycles. The molecule has 1 aromatic heterocycles. The Morgan fingerprint density at radius 3 is 3.06 bits per heavy atom. The fourth-order valence-electron chi connectivity index (χ4n) is 1.59. The Labute approximate surface area is 98.8 Å². The minimum absolute atomic E-state index is 0.0911. The van der Waals surface area contributed by atoms with Gasteiger partial charge in [-0.25, -0.2) is 0 Å². The summed E-state index contributed by atoms with van der Waals surface area (Å²) < 4.78 is 0. The standard InChI is InChI=1S/C11H14N4O2/c1-7-8(3-2-4-12-7)15-11(17)9-5-14-10(16)6-13-9/h2-4,9,13H,5-6H2,1H3,(H,14,16)(H,15,17). The van der Waals surface area contributed by atoms with Crippen LogP contribution in [0.15, 0.2) is 18.3 Å². The summed E-state index contributed by atoms with van der Waals surface area (Å²) in [5.41, 5.74) is 1.46.